The van der Waals surface area contributed by atoms with Crippen molar-refractivity contribution in [2.75, 3.05) is 5.32 Å². The first kappa shape index (κ1) is 16.7. The van der Waals surface area contributed by atoms with E-state index >= 15 is 0 Å². The van der Waals surface area contributed by atoms with E-state index in [9.17, 15) is 27.2 Å². The summed E-state index contributed by atoms with van der Waals surface area (Å²) in [6.45, 7) is 0. The van der Waals surface area contributed by atoms with Crippen molar-refractivity contribution in [3.05, 3.63) is 71.2 Å². The van der Waals surface area contributed by atoms with E-state index in [1.54, 1.807) is 0 Å². The quantitative estimate of drug-likeness (QED) is 0.660. The van der Waals surface area contributed by atoms with E-state index < -0.39 is 40.5 Å². The van der Waals surface area contributed by atoms with Crippen LogP contribution in [0.5, 0.6) is 0 Å². The number of benzene rings is 2. The van der Waals surface area contributed by atoms with E-state index in [1.807, 2.05) is 5.32 Å². The molecule has 25 heavy (non-hydrogen) atoms. The molecule has 0 saturated heterocycles. The summed E-state index contributed by atoms with van der Waals surface area (Å²) in [7, 11) is 0. The van der Waals surface area contributed by atoms with Crippen LogP contribution in [0.25, 0.3) is 5.57 Å². The van der Waals surface area contributed by atoms with E-state index in [0.29, 0.717) is 0 Å². The largest absolute Gasteiger partial charge is 0.417 e. The fraction of sp³-hybridized carbons (Fsp3) is 0.0588. The molecule has 2 N–H and O–H groups in total. The second-order valence-corrected chi connectivity index (χ2v) is 5.21. The highest BCUT2D eigenvalue weighted by Gasteiger charge is 2.39. The Morgan fingerprint density at radius 1 is 0.920 bits per heavy atom. The number of amides is 2. The fourth-order valence-electron chi connectivity index (χ4n) is 2.49. The molecule has 1 aliphatic heterocycles. The number of nitrogens with one attached hydrogen (secondary N) is 2. The number of imide groups is 1. The minimum atomic E-state index is -4.71. The molecule has 1 heterocycles. The third kappa shape index (κ3) is 3.23. The zero-order valence-corrected chi connectivity index (χ0v) is 12.4. The summed E-state index contributed by atoms with van der Waals surface area (Å²) in [6, 6.07) is 9.42. The van der Waals surface area contributed by atoms with Crippen molar-refractivity contribution in [2.24, 2.45) is 0 Å². The first-order chi connectivity index (χ1) is 11.8. The van der Waals surface area contributed by atoms with Crippen molar-refractivity contribution in [1.29, 1.82) is 0 Å². The highest BCUT2D eigenvalue weighted by molar-refractivity contribution is 6.37. The van der Waals surface area contributed by atoms with E-state index in [1.165, 1.54) is 30.3 Å². The van der Waals surface area contributed by atoms with Crippen LogP contribution in [0.15, 0.2) is 54.2 Å². The van der Waals surface area contributed by atoms with Crippen LogP contribution in [0.3, 0.4) is 0 Å². The molecule has 128 valence electrons. The lowest BCUT2D eigenvalue weighted by molar-refractivity contribution is -0.137. The van der Waals surface area contributed by atoms with E-state index in [-0.39, 0.29) is 11.4 Å². The lowest BCUT2D eigenvalue weighted by Gasteiger charge is -2.14. The molecule has 0 atom stereocenters. The number of anilines is 1. The van der Waals surface area contributed by atoms with Crippen molar-refractivity contribution in [2.45, 2.75) is 6.18 Å². The Labute approximate surface area is 139 Å². The summed E-state index contributed by atoms with van der Waals surface area (Å²) < 4.78 is 53.0. The summed E-state index contributed by atoms with van der Waals surface area (Å²) in [6.07, 6.45) is -4.71. The Bertz CT molecular complexity index is 904. The number of carbonyl (C=O) groups is 2. The summed E-state index contributed by atoms with van der Waals surface area (Å²) in [5.41, 5.74) is -2.16. The predicted octanol–water partition coefficient (Wildman–Crippen LogP) is 3.32. The average Bonchev–Trinajstić information content (AvgIpc) is 2.80. The minimum Gasteiger partial charge on any atom is -0.350 e. The van der Waals surface area contributed by atoms with Gasteiger partial charge in [-0.25, -0.2) is 4.39 Å². The second kappa shape index (κ2) is 6.04. The third-order valence-corrected chi connectivity index (χ3v) is 3.53. The Hall–Kier alpha value is -3.16. The van der Waals surface area contributed by atoms with Gasteiger partial charge in [0.1, 0.15) is 11.5 Å². The topological polar surface area (TPSA) is 58.2 Å². The molecular weight excluding hydrogens is 340 g/mol. The van der Waals surface area contributed by atoms with Crippen LogP contribution in [0.1, 0.15) is 11.1 Å². The highest BCUT2D eigenvalue weighted by atomic mass is 19.4. The van der Waals surface area contributed by atoms with Gasteiger partial charge in [-0.2, -0.15) is 13.2 Å². The number of hydrogen-bond acceptors (Lipinski definition) is 3. The maximum absolute atomic E-state index is 13.3. The summed E-state index contributed by atoms with van der Waals surface area (Å²) in [5, 5.41) is 4.48. The SMILES string of the molecule is O=C1NC(=O)C(c2ccccc2C(F)(F)F)=C1Nc1cccc(F)c1. The number of carbonyl (C=O) groups excluding carboxylic acids is 2. The lowest BCUT2D eigenvalue weighted by Crippen LogP contribution is -2.24. The first-order valence-electron chi connectivity index (χ1n) is 7.06. The van der Waals surface area contributed by atoms with Crippen LogP contribution in [0, 0.1) is 5.82 Å². The average molecular weight is 350 g/mol. The van der Waals surface area contributed by atoms with Gasteiger partial charge in [0.05, 0.1) is 11.1 Å². The standard InChI is InChI=1S/C17H10F4N2O2/c18-9-4-3-5-10(8-9)22-14-13(15(24)23-16(14)25)11-6-1-2-7-12(11)17(19,20)21/h1-8H,(H2,22,23,24,25). The molecule has 0 aromatic heterocycles. The first-order valence-corrected chi connectivity index (χ1v) is 7.06. The van der Waals surface area contributed by atoms with E-state index in [2.05, 4.69) is 5.32 Å². The van der Waals surface area contributed by atoms with Crippen molar-refractivity contribution in [3.63, 3.8) is 0 Å². The molecule has 0 unspecified atom stereocenters. The van der Waals surface area contributed by atoms with E-state index in [4.69, 9.17) is 0 Å². The van der Waals surface area contributed by atoms with Gasteiger partial charge in [0.25, 0.3) is 11.8 Å². The second-order valence-electron chi connectivity index (χ2n) is 5.21. The lowest BCUT2D eigenvalue weighted by atomic mass is 9.98. The summed E-state index contributed by atoms with van der Waals surface area (Å²) >= 11 is 0. The van der Waals surface area contributed by atoms with Crippen molar-refractivity contribution < 1.29 is 27.2 Å². The van der Waals surface area contributed by atoms with Crippen molar-refractivity contribution in [1.82, 2.24) is 5.32 Å². The van der Waals surface area contributed by atoms with Crippen LogP contribution in [-0.2, 0) is 15.8 Å². The monoisotopic (exact) mass is 350 g/mol. The van der Waals surface area contributed by atoms with Gasteiger partial charge in [0.2, 0.25) is 0 Å². The molecule has 0 aliphatic carbocycles. The van der Waals surface area contributed by atoms with Crippen LogP contribution in [-0.4, -0.2) is 11.8 Å². The number of rotatable bonds is 3. The van der Waals surface area contributed by atoms with Gasteiger partial charge in [-0.1, -0.05) is 24.3 Å². The molecule has 0 bridgehead atoms. The van der Waals surface area contributed by atoms with E-state index in [0.717, 1.165) is 18.2 Å². The zero-order valence-electron chi connectivity index (χ0n) is 12.4. The van der Waals surface area contributed by atoms with Gasteiger partial charge >= 0.3 is 6.18 Å². The van der Waals surface area contributed by atoms with Gasteiger partial charge in [-0.05, 0) is 24.3 Å². The molecule has 4 nitrogen and oxygen atoms in total. The molecular formula is C17H10F4N2O2. The fourth-order valence-corrected chi connectivity index (χ4v) is 2.49. The molecule has 8 heteroatoms. The van der Waals surface area contributed by atoms with Gasteiger partial charge in [0, 0.05) is 11.3 Å². The van der Waals surface area contributed by atoms with Crippen LogP contribution in [0.2, 0.25) is 0 Å². The van der Waals surface area contributed by atoms with Crippen LogP contribution < -0.4 is 10.6 Å². The summed E-state index contributed by atoms with van der Waals surface area (Å²) in [5.74, 6) is -2.45. The Morgan fingerprint density at radius 3 is 2.32 bits per heavy atom. The molecule has 0 spiro atoms. The molecule has 0 radical (unpaired) electrons. The smallest absolute Gasteiger partial charge is 0.350 e. The summed E-state index contributed by atoms with van der Waals surface area (Å²) in [4.78, 5) is 24.1. The molecule has 1 aliphatic rings. The van der Waals surface area contributed by atoms with Gasteiger partial charge in [0.15, 0.2) is 0 Å². The molecule has 0 saturated carbocycles. The normalized spacial score (nSPS) is 14.7. The minimum absolute atomic E-state index is 0.127. The Balaban J connectivity index is 2.15. The number of hydrogen-bond donors (Lipinski definition) is 2. The van der Waals surface area contributed by atoms with Crippen molar-refractivity contribution in [3.8, 4) is 0 Å². The van der Waals surface area contributed by atoms with Crippen LogP contribution >= 0.6 is 0 Å². The Morgan fingerprint density at radius 2 is 1.64 bits per heavy atom. The maximum atomic E-state index is 13.3. The molecule has 3 rings (SSSR count). The number of halogens is 4. The molecule has 2 aromatic carbocycles. The zero-order chi connectivity index (χ0) is 18.2. The highest BCUT2D eigenvalue weighted by Crippen LogP contribution is 2.37. The third-order valence-electron chi connectivity index (χ3n) is 3.53. The van der Waals surface area contributed by atoms with Gasteiger partial charge in [-0.3, -0.25) is 14.9 Å². The molecule has 2 amide bonds. The van der Waals surface area contributed by atoms with Gasteiger partial charge < -0.3 is 5.32 Å². The molecule has 0 fully saturated rings. The Kier molecular flexibility index (Phi) is 4.03. The van der Waals surface area contributed by atoms with Gasteiger partial charge in [-0.15, -0.1) is 0 Å². The van der Waals surface area contributed by atoms with Crippen LogP contribution in [0.4, 0.5) is 23.2 Å². The maximum Gasteiger partial charge on any atom is 0.417 e. The molecule has 2 aromatic rings. The number of alkyl halides is 3. The predicted molar refractivity (Wildman–Crippen MR) is 81.5 cm³/mol. The van der Waals surface area contributed by atoms with Crippen molar-refractivity contribution >= 4 is 23.1 Å².